The predicted octanol–water partition coefficient (Wildman–Crippen LogP) is 1.12. The van der Waals surface area contributed by atoms with E-state index in [0.717, 1.165) is 19.5 Å². The van der Waals surface area contributed by atoms with Gasteiger partial charge in [0.2, 0.25) is 0 Å². The molecule has 0 amide bonds. The third-order valence-electron chi connectivity index (χ3n) is 3.15. The van der Waals surface area contributed by atoms with Crippen LogP contribution in [0.4, 0.5) is 0 Å². The first-order valence-corrected chi connectivity index (χ1v) is 5.67. The second-order valence-corrected chi connectivity index (χ2v) is 4.16. The van der Waals surface area contributed by atoms with Gasteiger partial charge < -0.3 is 14.7 Å². The van der Waals surface area contributed by atoms with Crippen LogP contribution in [0.15, 0.2) is 0 Å². The highest BCUT2D eigenvalue weighted by Crippen LogP contribution is 2.19. The van der Waals surface area contributed by atoms with E-state index in [0.29, 0.717) is 5.92 Å². The number of unbranched alkanes of at least 4 members (excludes halogenated alkanes) is 1. The van der Waals surface area contributed by atoms with Gasteiger partial charge in [-0.25, -0.2) is 0 Å². The molecule has 1 aliphatic rings. The summed E-state index contributed by atoms with van der Waals surface area (Å²) in [4.78, 5) is 2.45. The summed E-state index contributed by atoms with van der Waals surface area (Å²) in [5.41, 5.74) is 0. The number of hydrogen-bond donors (Lipinski definition) is 1. The summed E-state index contributed by atoms with van der Waals surface area (Å²) in [6.45, 7) is 5.76. The van der Waals surface area contributed by atoms with Crippen LogP contribution >= 0.6 is 0 Å². The molecule has 2 atom stereocenters. The Hall–Kier alpha value is -0.120. The molecule has 0 aliphatic carbocycles. The summed E-state index contributed by atoms with van der Waals surface area (Å²) in [6.07, 6.45) is 3.81. The Labute approximate surface area is 87.1 Å². The van der Waals surface area contributed by atoms with Crippen molar-refractivity contribution in [3.63, 3.8) is 0 Å². The lowest BCUT2D eigenvalue weighted by molar-refractivity contribution is -0.0298. The second kappa shape index (κ2) is 6.38. The van der Waals surface area contributed by atoms with Crippen molar-refractivity contribution in [3.8, 4) is 0 Å². The normalized spacial score (nSPS) is 29.4. The van der Waals surface area contributed by atoms with E-state index in [1.165, 1.54) is 19.4 Å². The van der Waals surface area contributed by atoms with Crippen LogP contribution in [0.2, 0.25) is 0 Å². The molecule has 1 rings (SSSR count). The highest BCUT2D eigenvalue weighted by Gasteiger charge is 2.27. The number of hydrogen-bond acceptors (Lipinski definition) is 3. The molecule has 3 heteroatoms. The van der Waals surface area contributed by atoms with Gasteiger partial charge in [-0.05, 0) is 25.9 Å². The maximum absolute atomic E-state index is 9.16. The van der Waals surface area contributed by atoms with E-state index in [4.69, 9.17) is 9.84 Å². The lowest BCUT2D eigenvalue weighted by atomic mass is 9.94. The van der Waals surface area contributed by atoms with Crippen LogP contribution in [0, 0.1) is 5.92 Å². The molecule has 0 aromatic heterocycles. The molecule has 2 unspecified atom stereocenters. The molecule has 84 valence electrons. The average molecular weight is 201 g/mol. The summed E-state index contributed by atoms with van der Waals surface area (Å²) in [5.74, 6) is 0.345. The molecule has 1 heterocycles. The fraction of sp³-hybridized carbons (Fsp3) is 1.00. The van der Waals surface area contributed by atoms with Gasteiger partial charge in [0.25, 0.3) is 0 Å². The standard InChI is InChI=1S/C11H23NO2/c1-3-4-6-12-7-5-10(9-13)11(8-12)14-2/h10-11,13H,3-9H2,1-2H3. The van der Waals surface area contributed by atoms with Crippen LogP contribution in [-0.2, 0) is 4.74 Å². The minimum absolute atomic E-state index is 0.227. The predicted molar refractivity (Wildman–Crippen MR) is 57.3 cm³/mol. The fourth-order valence-corrected chi connectivity index (χ4v) is 2.09. The quantitative estimate of drug-likeness (QED) is 0.723. The Morgan fingerprint density at radius 2 is 2.29 bits per heavy atom. The minimum atomic E-state index is 0.227. The Morgan fingerprint density at radius 3 is 2.86 bits per heavy atom. The molecule has 1 N–H and O–H groups in total. The second-order valence-electron chi connectivity index (χ2n) is 4.16. The molecule has 1 aliphatic heterocycles. The maximum atomic E-state index is 9.16. The highest BCUT2D eigenvalue weighted by molar-refractivity contribution is 4.80. The van der Waals surface area contributed by atoms with Gasteiger partial charge in [0.15, 0.2) is 0 Å². The Bertz CT molecular complexity index is 152. The van der Waals surface area contributed by atoms with Crippen LogP contribution in [0.1, 0.15) is 26.2 Å². The molecule has 1 saturated heterocycles. The van der Waals surface area contributed by atoms with Gasteiger partial charge in [0.05, 0.1) is 6.10 Å². The molecule has 0 radical (unpaired) electrons. The van der Waals surface area contributed by atoms with Crippen molar-refractivity contribution in [1.29, 1.82) is 0 Å². The van der Waals surface area contributed by atoms with Crippen LogP contribution in [0.25, 0.3) is 0 Å². The number of methoxy groups -OCH3 is 1. The van der Waals surface area contributed by atoms with Gasteiger partial charge >= 0.3 is 0 Å². The SMILES string of the molecule is CCCCN1CCC(CO)C(OC)C1. The first kappa shape index (κ1) is 12.0. The lowest BCUT2D eigenvalue weighted by Gasteiger charge is -2.36. The van der Waals surface area contributed by atoms with Crippen LogP contribution in [-0.4, -0.2) is 49.5 Å². The van der Waals surface area contributed by atoms with E-state index in [2.05, 4.69) is 11.8 Å². The molecule has 1 fully saturated rings. The Morgan fingerprint density at radius 1 is 1.50 bits per heavy atom. The Balaban J connectivity index is 2.32. The molecule has 3 nitrogen and oxygen atoms in total. The number of piperidine rings is 1. The average Bonchev–Trinajstić information content (AvgIpc) is 2.25. The molecule has 0 spiro atoms. The first-order valence-electron chi connectivity index (χ1n) is 5.67. The summed E-state index contributed by atoms with van der Waals surface area (Å²) >= 11 is 0. The highest BCUT2D eigenvalue weighted by atomic mass is 16.5. The van der Waals surface area contributed by atoms with E-state index < -0.39 is 0 Å². The largest absolute Gasteiger partial charge is 0.396 e. The molecule has 0 saturated carbocycles. The van der Waals surface area contributed by atoms with Crippen molar-refractivity contribution in [2.45, 2.75) is 32.3 Å². The maximum Gasteiger partial charge on any atom is 0.0748 e. The third kappa shape index (κ3) is 3.23. The fourth-order valence-electron chi connectivity index (χ4n) is 2.09. The number of aliphatic hydroxyl groups excluding tert-OH is 1. The van der Waals surface area contributed by atoms with Gasteiger partial charge in [0.1, 0.15) is 0 Å². The monoisotopic (exact) mass is 201 g/mol. The third-order valence-corrected chi connectivity index (χ3v) is 3.15. The summed E-state index contributed by atoms with van der Waals surface area (Å²) in [6, 6.07) is 0. The van der Waals surface area contributed by atoms with Gasteiger partial charge in [-0.1, -0.05) is 13.3 Å². The van der Waals surface area contributed by atoms with Crippen LogP contribution in [0.5, 0.6) is 0 Å². The van der Waals surface area contributed by atoms with Gasteiger partial charge in [0, 0.05) is 26.2 Å². The van der Waals surface area contributed by atoms with Crippen LogP contribution in [0.3, 0.4) is 0 Å². The van der Waals surface area contributed by atoms with E-state index >= 15 is 0 Å². The van der Waals surface area contributed by atoms with Crippen molar-refractivity contribution >= 4 is 0 Å². The molecular formula is C11H23NO2. The molecule has 0 aromatic rings. The van der Waals surface area contributed by atoms with Gasteiger partial charge in [-0.15, -0.1) is 0 Å². The zero-order chi connectivity index (χ0) is 10.4. The minimum Gasteiger partial charge on any atom is -0.396 e. The topological polar surface area (TPSA) is 32.7 Å². The van der Waals surface area contributed by atoms with E-state index in [-0.39, 0.29) is 12.7 Å². The number of rotatable bonds is 5. The summed E-state index contributed by atoms with van der Waals surface area (Å²) in [7, 11) is 1.75. The van der Waals surface area contributed by atoms with Crippen molar-refractivity contribution < 1.29 is 9.84 Å². The van der Waals surface area contributed by atoms with E-state index in [9.17, 15) is 0 Å². The molecular weight excluding hydrogens is 178 g/mol. The van der Waals surface area contributed by atoms with Gasteiger partial charge in [-0.3, -0.25) is 0 Å². The van der Waals surface area contributed by atoms with Crippen LogP contribution < -0.4 is 0 Å². The van der Waals surface area contributed by atoms with Crippen molar-refractivity contribution in [2.24, 2.45) is 5.92 Å². The van der Waals surface area contributed by atoms with Crippen molar-refractivity contribution in [2.75, 3.05) is 33.4 Å². The molecule has 0 aromatic carbocycles. The summed E-state index contributed by atoms with van der Waals surface area (Å²) in [5, 5.41) is 9.16. The first-order chi connectivity index (χ1) is 6.81. The van der Waals surface area contributed by atoms with E-state index in [1.807, 2.05) is 0 Å². The number of aliphatic hydroxyl groups is 1. The molecule has 0 bridgehead atoms. The Kier molecular flexibility index (Phi) is 5.45. The number of ether oxygens (including phenoxy) is 1. The zero-order valence-electron chi connectivity index (χ0n) is 9.41. The van der Waals surface area contributed by atoms with E-state index in [1.54, 1.807) is 7.11 Å². The number of nitrogens with zero attached hydrogens (tertiary/aromatic N) is 1. The lowest BCUT2D eigenvalue weighted by Crippen LogP contribution is -2.46. The number of likely N-dealkylation sites (tertiary alicyclic amines) is 1. The van der Waals surface area contributed by atoms with Crippen molar-refractivity contribution in [1.82, 2.24) is 4.90 Å². The zero-order valence-corrected chi connectivity index (χ0v) is 9.41. The van der Waals surface area contributed by atoms with Crippen molar-refractivity contribution in [3.05, 3.63) is 0 Å². The van der Waals surface area contributed by atoms with Gasteiger partial charge in [-0.2, -0.15) is 0 Å². The smallest absolute Gasteiger partial charge is 0.0748 e. The summed E-state index contributed by atoms with van der Waals surface area (Å²) < 4.78 is 5.40. The molecule has 14 heavy (non-hydrogen) atoms.